The second kappa shape index (κ2) is 5.88. The van der Waals surface area contributed by atoms with Gasteiger partial charge in [0.2, 0.25) is 0 Å². The largest absolute Gasteiger partial charge is 0.331 e. The fourth-order valence-corrected chi connectivity index (χ4v) is 3.15. The van der Waals surface area contributed by atoms with Crippen molar-refractivity contribution in [2.75, 3.05) is 5.32 Å². The van der Waals surface area contributed by atoms with Crippen LogP contribution >= 0.6 is 22.9 Å². The van der Waals surface area contributed by atoms with Gasteiger partial charge in [-0.15, -0.1) is 11.3 Å². The number of aromatic nitrogens is 1. The first kappa shape index (κ1) is 14.1. The van der Waals surface area contributed by atoms with Crippen LogP contribution in [0.5, 0.6) is 0 Å². The summed E-state index contributed by atoms with van der Waals surface area (Å²) in [6, 6.07) is 14.1. The predicted molar refractivity (Wildman–Crippen MR) is 91.8 cm³/mol. The normalized spacial score (nSPS) is 10.6. The molecule has 1 aromatic heterocycles. The van der Waals surface area contributed by atoms with Crippen molar-refractivity contribution in [1.82, 2.24) is 4.98 Å². The lowest BCUT2D eigenvalue weighted by molar-refractivity contribution is 1.34. The van der Waals surface area contributed by atoms with E-state index in [-0.39, 0.29) is 0 Å². The molecular formula is C17H15ClN2S. The number of aryl methyl sites for hydroxylation is 2. The van der Waals surface area contributed by atoms with E-state index in [1.807, 2.05) is 29.6 Å². The summed E-state index contributed by atoms with van der Waals surface area (Å²) in [5.41, 5.74) is 5.42. The Morgan fingerprint density at radius 3 is 2.67 bits per heavy atom. The molecule has 21 heavy (non-hydrogen) atoms. The minimum Gasteiger partial charge on any atom is -0.331 e. The number of nitrogens with one attached hydrogen (secondary N) is 1. The molecule has 0 saturated heterocycles. The molecular weight excluding hydrogens is 300 g/mol. The van der Waals surface area contributed by atoms with Gasteiger partial charge in [0.05, 0.1) is 5.69 Å². The summed E-state index contributed by atoms with van der Waals surface area (Å²) in [6.45, 7) is 4.19. The number of hydrogen-bond acceptors (Lipinski definition) is 3. The lowest BCUT2D eigenvalue weighted by Crippen LogP contribution is -1.93. The second-order valence-corrected chi connectivity index (χ2v) is 6.23. The van der Waals surface area contributed by atoms with Gasteiger partial charge in [0.25, 0.3) is 0 Å². The number of thiazole rings is 1. The van der Waals surface area contributed by atoms with E-state index in [9.17, 15) is 0 Å². The zero-order chi connectivity index (χ0) is 14.8. The Kier molecular flexibility index (Phi) is 3.95. The van der Waals surface area contributed by atoms with Crippen LogP contribution in [0.4, 0.5) is 10.8 Å². The van der Waals surface area contributed by atoms with Crippen LogP contribution in [0.1, 0.15) is 11.1 Å². The number of anilines is 2. The molecule has 2 aromatic carbocycles. The molecule has 106 valence electrons. The zero-order valence-electron chi connectivity index (χ0n) is 11.9. The molecule has 2 nitrogen and oxygen atoms in total. The fraction of sp³-hybridized carbons (Fsp3) is 0.118. The topological polar surface area (TPSA) is 24.9 Å². The van der Waals surface area contributed by atoms with Gasteiger partial charge < -0.3 is 5.32 Å². The average molecular weight is 315 g/mol. The third-order valence-electron chi connectivity index (χ3n) is 3.28. The van der Waals surface area contributed by atoms with E-state index in [0.29, 0.717) is 0 Å². The summed E-state index contributed by atoms with van der Waals surface area (Å²) in [5.74, 6) is 0. The van der Waals surface area contributed by atoms with Crippen LogP contribution in [-0.2, 0) is 0 Å². The molecule has 0 aliphatic heterocycles. The van der Waals surface area contributed by atoms with Crippen molar-refractivity contribution in [2.24, 2.45) is 0 Å². The van der Waals surface area contributed by atoms with E-state index in [4.69, 9.17) is 11.6 Å². The van der Waals surface area contributed by atoms with Gasteiger partial charge in [-0.2, -0.15) is 0 Å². The molecule has 1 N–H and O–H groups in total. The number of rotatable bonds is 3. The molecule has 3 aromatic rings. The van der Waals surface area contributed by atoms with E-state index in [1.54, 1.807) is 11.3 Å². The first-order valence-corrected chi connectivity index (χ1v) is 7.94. The highest BCUT2D eigenvalue weighted by Crippen LogP contribution is 2.32. The summed E-state index contributed by atoms with van der Waals surface area (Å²) in [4.78, 5) is 4.62. The average Bonchev–Trinajstić information content (AvgIpc) is 2.91. The van der Waals surface area contributed by atoms with E-state index < -0.39 is 0 Å². The third-order valence-corrected chi connectivity index (χ3v) is 4.36. The van der Waals surface area contributed by atoms with Gasteiger partial charge in [-0.1, -0.05) is 47.5 Å². The molecule has 1 heterocycles. The standard InChI is InChI=1S/C17H15ClN2S/c1-11-7-8-15(12(2)9-11)19-17-20-16(10-21-17)13-5-3-4-6-14(13)18/h3-10H,1-2H3,(H,19,20). The van der Waals surface area contributed by atoms with Crippen molar-refractivity contribution < 1.29 is 0 Å². The Labute approximate surface area is 133 Å². The third kappa shape index (κ3) is 3.09. The van der Waals surface area contributed by atoms with Crippen LogP contribution in [0.3, 0.4) is 0 Å². The smallest absolute Gasteiger partial charge is 0.187 e. The molecule has 0 aliphatic carbocycles. The maximum atomic E-state index is 6.22. The number of benzene rings is 2. The van der Waals surface area contributed by atoms with Gasteiger partial charge >= 0.3 is 0 Å². The molecule has 0 amide bonds. The number of halogens is 1. The van der Waals surface area contributed by atoms with Crippen LogP contribution in [0.15, 0.2) is 47.8 Å². The number of nitrogens with zero attached hydrogens (tertiary/aromatic N) is 1. The lowest BCUT2D eigenvalue weighted by Gasteiger charge is -2.07. The van der Waals surface area contributed by atoms with E-state index in [2.05, 4.69) is 42.3 Å². The van der Waals surface area contributed by atoms with Crippen LogP contribution in [0.25, 0.3) is 11.3 Å². The molecule has 3 rings (SSSR count). The van der Waals surface area contributed by atoms with E-state index >= 15 is 0 Å². The molecule has 0 aliphatic rings. The monoisotopic (exact) mass is 314 g/mol. The highest BCUT2D eigenvalue weighted by atomic mass is 35.5. The lowest BCUT2D eigenvalue weighted by atomic mass is 10.1. The predicted octanol–water partition coefficient (Wildman–Crippen LogP) is 5.82. The van der Waals surface area contributed by atoms with Crippen LogP contribution < -0.4 is 5.32 Å². The Bertz CT molecular complexity index is 780. The van der Waals surface area contributed by atoms with Crippen molar-refractivity contribution in [2.45, 2.75) is 13.8 Å². The first-order chi connectivity index (χ1) is 10.1. The van der Waals surface area contributed by atoms with Crippen molar-refractivity contribution in [1.29, 1.82) is 0 Å². The van der Waals surface area contributed by atoms with E-state index in [0.717, 1.165) is 27.1 Å². The summed E-state index contributed by atoms with van der Waals surface area (Å²) in [7, 11) is 0. The first-order valence-electron chi connectivity index (χ1n) is 6.68. The van der Waals surface area contributed by atoms with Crippen LogP contribution in [-0.4, -0.2) is 4.98 Å². The van der Waals surface area contributed by atoms with E-state index in [1.165, 1.54) is 11.1 Å². The SMILES string of the molecule is Cc1ccc(Nc2nc(-c3ccccc3Cl)cs2)c(C)c1. The van der Waals surface area contributed by atoms with Crippen molar-refractivity contribution in [3.8, 4) is 11.3 Å². The molecule has 4 heteroatoms. The van der Waals surface area contributed by atoms with Crippen molar-refractivity contribution >= 4 is 33.8 Å². The van der Waals surface area contributed by atoms with Crippen LogP contribution in [0.2, 0.25) is 5.02 Å². The summed E-state index contributed by atoms with van der Waals surface area (Å²) < 4.78 is 0. The summed E-state index contributed by atoms with van der Waals surface area (Å²) >= 11 is 7.80. The zero-order valence-corrected chi connectivity index (χ0v) is 13.4. The van der Waals surface area contributed by atoms with Crippen molar-refractivity contribution in [3.63, 3.8) is 0 Å². The maximum Gasteiger partial charge on any atom is 0.187 e. The van der Waals surface area contributed by atoms with Gasteiger partial charge in [0.1, 0.15) is 0 Å². The molecule has 0 spiro atoms. The molecule has 0 saturated carbocycles. The number of hydrogen-bond donors (Lipinski definition) is 1. The molecule has 0 unspecified atom stereocenters. The van der Waals surface area contributed by atoms with Gasteiger partial charge in [-0.25, -0.2) is 4.98 Å². The quantitative estimate of drug-likeness (QED) is 0.658. The summed E-state index contributed by atoms with van der Waals surface area (Å²) in [5, 5.41) is 6.99. The Balaban J connectivity index is 1.87. The Hall–Kier alpha value is -1.84. The second-order valence-electron chi connectivity index (χ2n) is 4.96. The Morgan fingerprint density at radius 2 is 1.90 bits per heavy atom. The van der Waals surface area contributed by atoms with Gasteiger partial charge in [0, 0.05) is 21.7 Å². The van der Waals surface area contributed by atoms with Crippen LogP contribution in [0, 0.1) is 13.8 Å². The van der Waals surface area contributed by atoms with Gasteiger partial charge in [0.15, 0.2) is 5.13 Å². The Morgan fingerprint density at radius 1 is 1.10 bits per heavy atom. The minimum atomic E-state index is 0.723. The fourth-order valence-electron chi connectivity index (χ4n) is 2.19. The highest BCUT2D eigenvalue weighted by Gasteiger charge is 2.08. The summed E-state index contributed by atoms with van der Waals surface area (Å²) in [6.07, 6.45) is 0. The highest BCUT2D eigenvalue weighted by molar-refractivity contribution is 7.14. The van der Waals surface area contributed by atoms with Gasteiger partial charge in [-0.05, 0) is 31.5 Å². The maximum absolute atomic E-state index is 6.22. The molecule has 0 atom stereocenters. The molecule has 0 radical (unpaired) electrons. The van der Waals surface area contributed by atoms with Gasteiger partial charge in [-0.3, -0.25) is 0 Å². The molecule has 0 bridgehead atoms. The minimum absolute atomic E-state index is 0.723. The van der Waals surface area contributed by atoms with Crippen molar-refractivity contribution in [3.05, 3.63) is 64.0 Å². The molecule has 0 fully saturated rings.